The zero-order valence-electron chi connectivity index (χ0n) is 10.1. The van der Waals surface area contributed by atoms with Crippen LogP contribution >= 0.6 is 0 Å². The number of nitrogens with one attached hydrogen (secondary N) is 2. The molecule has 9 nitrogen and oxygen atoms in total. The SMILES string of the molecule is COCCNS(=O)(=O)c1ccc(NN)cc1[N+](=O)[O-]. The highest BCUT2D eigenvalue weighted by atomic mass is 32.2. The molecule has 0 aromatic heterocycles. The maximum atomic E-state index is 11.9. The van der Waals surface area contributed by atoms with Gasteiger partial charge in [0.25, 0.3) is 5.69 Å². The Kier molecular flexibility index (Phi) is 5.18. The molecule has 0 fully saturated rings. The lowest BCUT2D eigenvalue weighted by atomic mass is 10.3. The third-order valence-electron chi connectivity index (χ3n) is 2.21. The molecule has 1 rings (SSSR count). The Morgan fingerprint density at radius 1 is 1.47 bits per heavy atom. The Balaban J connectivity index is 3.15. The van der Waals surface area contributed by atoms with E-state index in [2.05, 4.69) is 10.1 Å². The number of nitrogen functional groups attached to an aromatic ring is 1. The second-order valence-electron chi connectivity index (χ2n) is 3.47. The van der Waals surface area contributed by atoms with Crippen molar-refractivity contribution in [2.75, 3.05) is 25.7 Å². The summed E-state index contributed by atoms with van der Waals surface area (Å²) in [4.78, 5) is 9.68. The van der Waals surface area contributed by atoms with Crippen molar-refractivity contribution >= 4 is 21.4 Å². The first-order valence-corrected chi connectivity index (χ1v) is 6.64. The van der Waals surface area contributed by atoms with Crippen molar-refractivity contribution in [3.63, 3.8) is 0 Å². The smallest absolute Gasteiger partial charge is 0.291 e. The highest BCUT2D eigenvalue weighted by Gasteiger charge is 2.25. The van der Waals surface area contributed by atoms with Crippen molar-refractivity contribution in [3.8, 4) is 0 Å². The Morgan fingerprint density at radius 2 is 2.16 bits per heavy atom. The number of sulfonamides is 1. The van der Waals surface area contributed by atoms with E-state index in [0.717, 1.165) is 12.1 Å². The Morgan fingerprint density at radius 3 is 2.68 bits per heavy atom. The molecule has 0 spiro atoms. The summed E-state index contributed by atoms with van der Waals surface area (Å²) in [6.45, 7) is 0.183. The van der Waals surface area contributed by atoms with Gasteiger partial charge in [-0.05, 0) is 12.1 Å². The van der Waals surface area contributed by atoms with Crippen molar-refractivity contribution in [2.24, 2.45) is 5.84 Å². The Labute approximate surface area is 109 Å². The van der Waals surface area contributed by atoms with Gasteiger partial charge in [0.05, 0.1) is 17.2 Å². The van der Waals surface area contributed by atoms with Crippen molar-refractivity contribution in [3.05, 3.63) is 28.3 Å². The van der Waals surface area contributed by atoms with Gasteiger partial charge in [-0.1, -0.05) is 0 Å². The molecule has 0 radical (unpaired) electrons. The van der Waals surface area contributed by atoms with Gasteiger partial charge in [-0.2, -0.15) is 0 Å². The molecule has 106 valence electrons. The molecule has 0 aliphatic carbocycles. The molecule has 0 atom stereocenters. The summed E-state index contributed by atoms with van der Waals surface area (Å²) in [6.07, 6.45) is 0. The number of nitrogens with two attached hydrogens (primary N) is 1. The molecule has 19 heavy (non-hydrogen) atoms. The highest BCUT2D eigenvalue weighted by Crippen LogP contribution is 2.26. The van der Waals surface area contributed by atoms with Gasteiger partial charge in [-0.3, -0.25) is 16.0 Å². The molecule has 0 amide bonds. The average Bonchev–Trinajstić information content (AvgIpc) is 2.38. The summed E-state index contributed by atoms with van der Waals surface area (Å²) in [7, 11) is -2.56. The van der Waals surface area contributed by atoms with Crippen molar-refractivity contribution < 1.29 is 18.1 Å². The van der Waals surface area contributed by atoms with E-state index in [4.69, 9.17) is 10.6 Å². The van der Waals surface area contributed by atoms with Crippen LogP contribution in [0.25, 0.3) is 0 Å². The first-order valence-electron chi connectivity index (χ1n) is 5.16. The van der Waals surface area contributed by atoms with Crippen LogP contribution in [-0.4, -0.2) is 33.6 Å². The van der Waals surface area contributed by atoms with E-state index in [1.807, 2.05) is 0 Å². The lowest BCUT2D eigenvalue weighted by Gasteiger charge is -2.08. The number of hydrogen-bond donors (Lipinski definition) is 3. The number of rotatable bonds is 7. The predicted octanol–water partition coefficient (Wildman–Crippen LogP) is -0.195. The van der Waals surface area contributed by atoms with E-state index in [0.29, 0.717) is 0 Å². The van der Waals surface area contributed by atoms with Crippen LogP contribution in [-0.2, 0) is 14.8 Å². The molecule has 10 heteroatoms. The number of anilines is 1. The molecule has 0 aliphatic heterocycles. The van der Waals surface area contributed by atoms with Gasteiger partial charge in [0.15, 0.2) is 4.90 Å². The highest BCUT2D eigenvalue weighted by molar-refractivity contribution is 7.89. The van der Waals surface area contributed by atoms with Gasteiger partial charge in [-0.25, -0.2) is 13.1 Å². The van der Waals surface area contributed by atoms with E-state index in [-0.39, 0.29) is 18.8 Å². The summed E-state index contributed by atoms with van der Waals surface area (Å²) in [5.41, 5.74) is 1.90. The van der Waals surface area contributed by atoms with Crippen LogP contribution in [0.2, 0.25) is 0 Å². The quantitative estimate of drug-likeness (QED) is 0.274. The number of ether oxygens (including phenoxy) is 1. The standard InChI is InChI=1S/C9H14N4O5S/c1-18-5-4-11-19(16,17)9-3-2-7(12-10)6-8(9)13(14)15/h2-3,6,11-12H,4-5,10H2,1H3. The molecule has 1 aromatic carbocycles. The minimum absolute atomic E-state index is 0.0207. The van der Waals surface area contributed by atoms with Gasteiger partial charge in [0.2, 0.25) is 10.0 Å². The van der Waals surface area contributed by atoms with Crippen LogP contribution in [0.5, 0.6) is 0 Å². The fourth-order valence-corrected chi connectivity index (χ4v) is 2.50. The molecular formula is C9H14N4O5S. The maximum Gasteiger partial charge on any atom is 0.291 e. The monoisotopic (exact) mass is 290 g/mol. The lowest BCUT2D eigenvalue weighted by Crippen LogP contribution is -2.27. The van der Waals surface area contributed by atoms with E-state index in [9.17, 15) is 18.5 Å². The number of nitro benzene ring substituents is 1. The van der Waals surface area contributed by atoms with Crippen LogP contribution in [0.3, 0.4) is 0 Å². The average molecular weight is 290 g/mol. The fraction of sp³-hybridized carbons (Fsp3) is 0.333. The lowest BCUT2D eigenvalue weighted by molar-refractivity contribution is -0.387. The van der Waals surface area contributed by atoms with Crippen LogP contribution in [0, 0.1) is 10.1 Å². The van der Waals surface area contributed by atoms with E-state index < -0.39 is 25.5 Å². The number of nitrogens with zero attached hydrogens (tertiary/aromatic N) is 1. The first kappa shape index (κ1) is 15.3. The number of nitro groups is 1. The zero-order valence-corrected chi connectivity index (χ0v) is 10.9. The summed E-state index contributed by atoms with van der Waals surface area (Å²) >= 11 is 0. The summed E-state index contributed by atoms with van der Waals surface area (Å²) in [5, 5.41) is 10.9. The normalized spacial score (nSPS) is 11.3. The maximum absolute atomic E-state index is 11.9. The van der Waals surface area contributed by atoms with Crippen molar-refractivity contribution in [1.82, 2.24) is 4.72 Å². The number of benzene rings is 1. The molecule has 0 saturated heterocycles. The second kappa shape index (κ2) is 6.43. The minimum atomic E-state index is -3.97. The molecule has 1 aromatic rings. The van der Waals surface area contributed by atoms with E-state index >= 15 is 0 Å². The van der Waals surface area contributed by atoms with Crippen LogP contribution in [0.15, 0.2) is 23.1 Å². The molecular weight excluding hydrogens is 276 g/mol. The fourth-order valence-electron chi connectivity index (χ4n) is 1.33. The van der Waals surface area contributed by atoms with Crippen LogP contribution in [0.4, 0.5) is 11.4 Å². The van der Waals surface area contributed by atoms with E-state index in [1.54, 1.807) is 0 Å². The van der Waals surface area contributed by atoms with Crippen molar-refractivity contribution in [2.45, 2.75) is 4.90 Å². The molecule has 0 saturated carbocycles. The Hall–Kier alpha value is -1.75. The zero-order chi connectivity index (χ0) is 14.5. The van der Waals surface area contributed by atoms with Crippen LogP contribution in [0.1, 0.15) is 0 Å². The van der Waals surface area contributed by atoms with E-state index in [1.165, 1.54) is 13.2 Å². The van der Waals surface area contributed by atoms with Gasteiger partial charge in [0.1, 0.15) is 0 Å². The van der Waals surface area contributed by atoms with Gasteiger partial charge < -0.3 is 10.2 Å². The second-order valence-corrected chi connectivity index (χ2v) is 5.21. The molecule has 0 aliphatic rings. The number of hydrazine groups is 1. The van der Waals surface area contributed by atoms with Gasteiger partial charge in [0, 0.05) is 19.7 Å². The Bertz CT molecular complexity index is 560. The number of methoxy groups -OCH3 is 1. The van der Waals surface area contributed by atoms with Crippen LogP contribution < -0.4 is 16.0 Å². The molecule has 0 unspecified atom stereocenters. The third kappa shape index (κ3) is 3.86. The third-order valence-corrected chi connectivity index (χ3v) is 3.72. The molecule has 0 bridgehead atoms. The molecule has 4 N–H and O–H groups in total. The summed E-state index contributed by atoms with van der Waals surface area (Å²) in [6, 6.07) is 3.49. The topological polar surface area (TPSA) is 137 Å². The first-order chi connectivity index (χ1) is 8.92. The predicted molar refractivity (Wildman–Crippen MR) is 68.0 cm³/mol. The number of hydrogen-bond acceptors (Lipinski definition) is 7. The van der Waals surface area contributed by atoms with Gasteiger partial charge >= 0.3 is 0 Å². The largest absolute Gasteiger partial charge is 0.383 e. The summed E-state index contributed by atoms with van der Waals surface area (Å²) < 4.78 is 30.7. The van der Waals surface area contributed by atoms with Crippen molar-refractivity contribution in [1.29, 1.82) is 0 Å². The molecule has 0 heterocycles. The minimum Gasteiger partial charge on any atom is -0.383 e. The van der Waals surface area contributed by atoms with Gasteiger partial charge in [-0.15, -0.1) is 0 Å². The summed E-state index contributed by atoms with van der Waals surface area (Å²) in [5.74, 6) is 5.12.